The Bertz CT molecular complexity index is 349. The van der Waals surface area contributed by atoms with Crippen LogP contribution in [0.2, 0.25) is 0 Å². The van der Waals surface area contributed by atoms with E-state index >= 15 is 0 Å². The first-order chi connectivity index (χ1) is 8.35. The summed E-state index contributed by atoms with van der Waals surface area (Å²) in [6.07, 6.45) is 0.594. The summed E-state index contributed by atoms with van der Waals surface area (Å²) in [6, 6.07) is 0.281. The molecule has 0 radical (unpaired) electrons. The SMILES string of the molecule is CC1(C)O[C@@H]2CN3C[C@H]4OC(C)(C)O[C@H]4C3[C@@H]2O1. The lowest BCUT2D eigenvalue weighted by Gasteiger charge is -2.28. The van der Waals surface area contributed by atoms with Gasteiger partial charge in [0.15, 0.2) is 11.6 Å². The summed E-state index contributed by atoms with van der Waals surface area (Å²) in [6.45, 7) is 9.80. The molecule has 0 amide bonds. The van der Waals surface area contributed by atoms with Crippen LogP contribution in [-0.2, 0) is 18.9 Å². The van der Waals surface area contributed by atoms with Gasteiger partial charge >= 0.3 is 0 Å². The van der Waals surface area contributed by atoms with Gasteiger partial charge in [-0.3, -0.25) is 4.90 Å². The van der Waals surface area contributed by atoms with Crippen LogP contribution in [-0.4, -0.2) is 60.0 Å². The molecule has 18 heavy (non-hydrogen) atoms. The largest absolute Gasteiger partial charge is 0.343 e. The molecule has 0 aliphatic carbocycles. The van der Waals surface area contributed by atoms with Gasteiger partial charge in [0, 0.05) is 13.1 Å². The maximum absolute atomic E-state index is 6.06. The van der Waals surface area contributed by atoms with Gasteiger partial charge in [0.1, 0.15) is 24.4 Å². The molecular formula is C13H21NO4. The zero-order valence-corrected chi connectivity index (χ0v) is 11.4. The van der Waals surface area contributed by atoms with Gasteiger partial charge in [0.2, 0.25) is 0 Å². The molecule has 102 valence electrons. The minimum Gasteiger partial charge on any atom is -0.343 e. The fourth-order valence-electron chi connectivity index (χ4n) is 3.97. The van der Waals surface area contributed by atoms with Gasteiger partial charge in [-0.25, -0.2) is 0 Å². The molecule has 0 saturated carbocycles. The van der Waals surface area contributed by atoms with E-state index in [0.29, 0.717) is 0 Å². The van der Waals surface area contributed by atoms with E-state index in [9.17, 15) is 0 Å². The second-order valence-corrected chi connectivity index (χ2v) is 6.72. The van der Waals surface area contributed by atoms with Gasteiger partial charge in [-0.05, 0) is 27.7 Å². The number of hydrogen-bond acceptors (Lipinski definition) is 5. The smallest absolute Gasteiger partial charge is 0.163 e. The van der Waals surface area contributed by atoms with E-state index in [1.54, 1.807) is 0 Å². The molecule has 4 atom stereocenters. The number of ether oxygens (including phenoxy) is 4. The molecule has 0 aromatic heterocycles. The lowest BCUT2D eigenvalue weighted by atomic mass is 10.0. The van der Waals surface area contributed by atoms with Crippen LogP contribution in [0.15, 0.2) is 0 Å². The molecule has 0 aromatic rings. The van der Waals surface area contributed by atoms with Crippen LogP contribution >= 0.6 is 0 Å². The molecule has 4 aliphatic heterocycles. The van der Waals surface area contributed by atoms with E-state index in [1.807, 2.05) is 27.7 Å². The number of rotatable bonds is 0. The summed E-state index contributed by atoms with van der Waals surface area (Å²) in [5.74, 6) is -0.928. The third kappa shape index (κ3) is 1.51. The molecule has 0 bridgehead atoms. The van der Waals surface area contributed by atoms with Crippen LogP contribution in [0.4, 0.5) is 0 Å². The van der Waals surface area contributed by atoms with E-state index in [1.165, 1.54) is 0 Å². The van der Waals surface area contributed by atoms with Gasteiger partial charge in [-0.2, -0.15) is 0 Å². The third-order valence-electron chi connectivity index (χ3n) is 4.37. The normalized spacial score (nSPS) is 49.3. The minimum absolute atomic E-state index is 0.118. The topological polar surface area (TPSA) is 40.2 Å². The molecule has 0 unspecified atom stereocenters. The van der Waals surface area contributed by atoms with Crippen LogP contribution < -0.4 is 0 Å². The number of fused-ring (bicyclic) bond motifs is 5. The van der Waals surface area contributed by atoms with E-state index in [0.717, 1.165) is 13.1 Å². The molecule has 4 heterocycles. The summed E-state index contributed by atoms with van der Waals surface area (Å²) < 4.78 is 24.0. The molecule has 0 N–H and O–H groups in total. The zero-order valence-electron chi connectivity index (χ0n) is 11.4. The minimum atomic E-state index is -0.464. The average molecular weight is 255 g/mol. The second-order valence-electron chi connectivity index (χ2n) is 6.72. The van der Waals surface area contributed by atoms with E-state index in [2.05, 4.69) is 4.90 Å². The van der Waals surface area contributed by atoms with E-state index in [-0.39, 0.29) is 30.5 Å². The quantitative estimate of drug-likeness (QED) is 0.638. The first-order valence-corrected chi connectivity index (χ1v) is 6.80. The van der Waals surface area contributed by atoms with Gasteiger partial charge in [-0.15, -0.1) is 0 Å². The van der Waals surface area contributed by atoms with Crippen molar-refractivity contribution in [2.45, 2.75) is 69.7 Å². The highest BCUT2D eigenvalue weighted by Gasteiger charge is 2.63. The standard InChI is InChI=1S/C13H21NO4/c1-12(2)15-7-5-14-6-8-11(9(14)10(7)17-12)18-13(3,4)16-8/h7-11H,5-6H2,1-4H3/t7-,8-,10-,11-/m1/s1. The van der Waals surface area contributed by atoms with E-state index in [4.69, 9.17) is 18.9 Å². The second kappa shape index (κ2) is 3.27. The fourth-order valence-corrected chi connectivity index (χ4v) is 3.97. The lowest BCUT2D eigenvalue weighted by Crippen LogP contribution is -2.42. The van der Waals surface area contributed by atoms with Gasteiger partial charge in [0.05, 0.1) is 6.04 Å². The van der Waals surface area contributed by atoms with Crippen LogP contribution in [0, 0.1) is 0 Å². The van der Waals surface area contributed by atoms with Crippen molar-refractivity contribution in [2.24, 2.45) is 0 Å². The molecular weight excluding hydrogens is 234 g/mol. The number of nitrogens with zero attached hydrogens (tertiary/aromatic N) is 1. The van der Waals surface area contributed by atoms with Crippen molar-refractivity contribution in [3.8, 4) is 0 Å². The fraction of sp³-hybridized carbons (Fsp3) is 1.00. The predicted molar refractivity (Wildman–Crippen MR) is 63.0 cm³/mol. The van der Waals surface area contributed by atoms with Crippen molar-refractivity contribution in [1.82, 2.24) is 4.90 Å². The van der Waals surface area contributed by atoms with Crippen molar-refractivity contribution < 1.29 is 18.9 Å². The molecule has 0 aromatic carbocycles. The van der Waals surface area contributed by atoms with Crippen LogP contribution in [0.25, 0.3) is 0 Å². The Morgan fingerprint density at radius 1 is 0.778 bits per heavy atom. The first kappa shape index (κ1) is 11.6. The van der Waals surface area contributed by atoms with Crippen molar-refractivity contribution >= 4 is 0 Å². The average Bonchev–Trinajstić information content (AvgIpc) is 2.79. The molecule has 5 nitrogen and oxygen atoms in total. The van der Waals surface area contributed by atoms with Crippen LogP contribution in [0.1, 0.15) is 27.7 Å². The summed E-state index contributed by atoms with van der Waals surface area (Å²) in [4.78, 5) is 2.40. The molecule has 5 heteroatoms. The van der Waals surface area contributed by atoms with Gasteiger partial charge < -0.3 is 18.9 Å². The molecule has 0 spiro atoms. The Morgan fingerprint density at radius 2 is 1.22 bits per heavy atom. The Kier molecular flexibility index (Phi) is 2.11. The summed E-state index contributed by atoms with van der Waals surface area (Å²) in [7, 11) is 0. The van der Waals surface area contributed by atoms with Gasteiger partial charge in [-0.1, -0.05) is 0 Å². The molecule has 4 saturated heterocycles. The van der Waals surface area contributed by atoms with E-state index < -0.39 is 11.6 Å². The summed E-state index contributed by atoms with van der Waals surface area (Å²) >= 11 is 0. The molecule has 4 aliphatic rings. The Balaban J connectivity index is 1.59. The molecule has 4 fully saturated rings. The zero-order chi connectivity index (χ0) is 12.7. The maximum Gasteiger partial charge on any atom is 0.163 e. The van der Waals surface area contributed by atoms with Gasteiger partial charge in [0.25, 0.3) is 0 Å². The third-order valence-corrected chi connectivity index (χ3v) is 4.37. The number of hydrogen-bond donors (Lipinski definition) is 0. The first-order valence-electron chi connectivity index (χ1n) is 6.80. The Labute approximate surface area is 107 Å². The summed E-state index contributed by atoms with van der Waals surface area (Å²) in [5.41, 5.74) is 0. The van der Waals surface area contributed by atoms with Crippen molar-refractivity contribution in [3.63, 3.8) is 0 Å². The summed E-state index contributed by atoms with van der Waals surface area (Å²) in [5, 5.41) is 0. The van der Waals surface area contributed by atoms with Crippen molar-refractivity contribution in [3.05, 3.63) is 0 Å². The highest BCUT2D eigenvalue weighted by atomic mass is 16.8. The van der Waals surface area contributed by atoms with Crippen molar-refractivity contribution in [1.29, 1.82) is 0 Å². The predicted octanol–water partition coefficient (Wildman–Crippen LogP) is 0.724. The monoisotopic (exact) mass is 255 g/mol. The van der Waals surface area contributed by atoms with Crippen LogP contribution in [0.3, 0.4) is 0 Å². The highest BCUT2D eigenvalue weighted by Crippen LogP contribution is 2.46. The maximum atomic E-state index is 6.06. The Morgan fingerprint density at radius 3 is 1.67 bits per heavy atom. The van der Waals surface area contributed by atoms with Crippen LogP contribution in [0.5, 0.6) is 0 Å². The molecule has 4 rings (SSSR count). The van der Waals surface area contributed by atoms with Crippen molar-refractivity contribution in [2.75, 3.05) is 13.1 Å². The Hall–Kier alpha value is -0.200. The highest BCUT2D eigenvalue weighted by molar-refractivity contribution is 5.11. The lowest BCUT2D eigenvalue weighted by molar-refractivity contribution is -0.182.